The van der Waals surface area contributed by atoms with E-state index in [1.807, 2.05) is 0 Å². The molecule has 0 saturated carbocycles. The molecule has 80 valence electrons. The summed E-state index contributed by atoms with van der Waals surface area (Å²) in [4.78, 5) is 12.9. The Morgan fingerprint density at radius 2 is 2.29 bits per heavy atom. The van der Waals surface area contributed by atoms with Crippen molar-refractivity contribution in [2.24, 2.45) is 5.92 Å². The van der Waals surface area contributed by atoms with Gasteiger partial charge in [0.05, 0.1) is 0 Å². The van der Waals surface area contributed by atoms with Crippen molar-refractivity contribution in [2.75, 3.05) is 0 Å². The van der Waals surface area contributed by atoms with Crippen LogP contribution in [0, 0.1) is 5.92 Å². The molecule has 1 amide bonds. The molecular weight excluding hydrogens is 174 g/mol. The van der Waals surface area contributed by atoms with Crippen LogP contribution in [0.4, 0.5) is 0 Å². The number of rotatable bonds is 7. The van der Waals surface area contributed by atoms with Gasteiger partial charge in [-0.2, -0.15) is 0 Å². The van der Waals surface area contributed by atoms with Crippen LogP contribution in [0.15, 0.2) is 12.8 Å². The van der Waals surface area contributed by atoms with Gasteiger partial charge in [0.25, 0.3) is 0 Å². The topological polar surface area (TPSA) is 20.1 Å². The molecule has 2 nitrogen and oxygen atoms in total. The lowest BCUT2D eigenvalue weighted by Gasteiger charge is -2.08. The summed E-state index contributed by atoms with van der Waals surface area (Å²) in [5.41, 5.74) is 0. The summed E-state index contributed by atoms with van der Waals surface area (Å²) in [6.45, 7) is 8.10. The summed E-state index contributed by atoms with van der Waals surface area (Å²) in [6, 6.07) is 0.163. The van der Waals surface area contributed by atoms with E-state index in [0.717, 1.165) is 12.3 Å². The second kappa shape index (κ2) is 5.18. The van der Waals surface area contributed by atoms with Gasteiger partial charge in [0.1, 0.15) is 6.04 Å². The van der Waals surface area contributed by atoms with Crippen LogP contribution in [-0.4, -0.2) is 16.8 Å². The molecule has 14 heavy (non-hydrogen) atoms. The fraction of sp³-hybridized carbons (Fsp3) is 0.750. The van der Waals surface area contributed by atoms with Crippen LogP contribution in [0.5, 0.6) is 0 Å². The number of hydrogen-bond acceptors (Lipinski definition) is 1. The van der Waals surface area contributed by atoms with E-state index in [1.165, 1.54) is 25.7 Å². The molecule has 2 atom stereocenters. The highest BCUT2D eigenvalue weighted by atomic mass is 16.2. The Kier molecular flexibility index (Phi) is 4.18. The second-order valence-corrected chi connectivity index (χ2v) is 4.27. The van der Waals surface area contributed by atoms with Crippen molar-refractivity contribution in [3.8, 4) is 0 Å². The molecule has 1 aliphatic rings. The molecule has 0 spiro atoms. The molecule has 0 bridgehead atoms. The van der Waals surface area contributed by atoms with Crippen molar-refractivity contribution in [1.82, 2.24) is 4.90 Å². The van der Waals surface area contributed by atoms with Crippen molar-refractivity contribution in [3.63, 3.8) is 0 Å². The third-order valence-electron chi connectivity index (χ3n) is 2.99. The minimum absolute atomic E-state index is 0.163. The van der Waals surface area contributed by atoms with Crippen molar-refractivity contribution in [3.05, 3.63) is 12.8 Å². The number of amides is 1. The van der Waals surface area contributed by atoms with E-state index in [0.29, 0.717) is 0 Å². The summed E-state index contributed by atoms with van der Waals surface area (Å²) in [5.74, 6) is 1.01. The number of carbonyl (C=O) groups is 1. The first-order chi connectivity index (χ1) is 6.70. The zero-order valence-corrected chi connectivity index (χ0v) is 9.33. The molecule has 0 radical (unpaired) electrons. The number of unbranched alkanes of at least 4 members (excludes halogenated alkanes) is 1. The Balaban J connectivity index is 2.09. The van der Waals surface area contributed by atoms with Crippen LogP contribution in [0.1, 0.15) is 46.0 Å². The summed E-state index contributed by atoms with van der Waals surface area (Å²) >= 11 is 0. The highest BCUT2D eigenvalue weighted by Gasteiger charge is 2.43. The zero-order valence-electron chi connectivity index (χ0n) is 9.33. The lowest BCUT2D eigenvalue weighted by atomic mass is 9.98. The quantitative estimate of drug-likeness (QED) is 0.572. The second-order valence-electron chi connectivity index (χ2n) is 4.27. The van der Waals surface area contributed by atoms with Crippen molar-refractivity contribution >= 4 is 5.91 Å². The molecule has 1 saturated heterocycles. The zero-order chi connectivity index (χ0) is 10.6. The normalized spacial score (nSPS) is 22.3. The van der Waals surface area contributed by atoms with E-state index in [4.69, 9.17) is 0 Å². The van der Waals surface area contributed by atoms with Gasteiger partial charge in [-0.05, 0) is 18.8 Å². The highest BCUT2D eigenvalue weighted by molar-refractivity contribution is 5.97. The summed E-state index contributed by atoms with van der Waals surface area (Å²) in [5, 5.41) is 0. The maximum Gasteiger partial charge on any atom is 0.250 e. The van der Waals surface area contributed by atoms with Gasteiger partial charge >= 0.3 is 0 Å². The van der Waals surface area contributed by atoms with Crippen molar-refractivity contribution in [1.29, 1.82) is 0 Å². The number of hydrogen-bond donors (Lipinski definition) is 0. The van der Waals surface area contributed by atoms with E-state index in [1.54, 1.807) is 11.1 Å². The van der Waals surface area contributed by atoms with Gasteiger partial charge in [0, 0.05) is 6.20 Å². The van der Waals surface area contributed by atoms with Crippen molar-refractivity contribution < 1.29 is 4.79 Å². The molecular formula is C12H21NO. The van der Waals surface area contributed by atoms with Gasteiger partial charge in [-0.1, -0.05) is 39.7 Å². The molecule has 2 unspecified atom stereocenters. The average molecular weight is 195 g/mol. The van der Waals surface area contributed by atoms with Crippen molar-refractivity contribution in [2.45, 2.75) is 52.0 Å². The lowest BCUT2D eigenvalue weighted by molar-refractivity contribution is -0.113. The van der Waals surface area contributed by atoms with Gasteiger partial charge in [0.15, 0.2) is 0 Å². The molecule has 2 heteroatoms. The highest BCUT2D eigenvalue weighted by Crippen LogP contribution is 2.27. The molecule has 1 rings (SSSR count). The Morgan fingerprint density at radius 3 is 2.79 bits per heavy atom. The molecule has 0 aromatic carbocycles. The van der Waals surface area contributed by atoms with Crippen LogP contribution in [0.3, 0.4) is 0 Å². The monoisotopic (exact) mass is 195 g/mol. The van der Waals surface area contributed by atoms with Crippen LogP contribution in [0.25, 0.3) is 0 Å². The van der Waals surface area contributed by atoms with Gasteiger partial charge in [0.2, 0.25) is 5.91 Å². The Labute approximate surface area is 87.0 Å². The van der Waals surface area contributed by atoms with Gasteiger partial charge in [-0.3, -0.25) is 4.79 Å². The predicted octanol–water partition coefficient (Wildman–Crippen LogP) is 2.95. The summed E-state index contributed by atoms with van der Waals surface area (Å²) in [7, 11) is 0. The van der Waals surface area contributed by atoms with E-state index in [2.05, 4.69) is 20.4 Å². The fourth-order valence-electron chi connectivity index (χ4n) is 1.85. The first-order valence-corrected chi connectivity index (χ1v) is 5.65. The van der Waals surface area contributed by atoms with Crippen LogP contribution in [0.2, 0.25) is 0 Å². The Morgan fingerprint density at radius 1 is 1.57 bits per heavy atom. The predicted molar refractivity (Wildman–Crippen MR) is 58.8 cm³/mol. The van der Waals surface area contributed by atoms with E-state index in [9.17, 15) is 4.79 Å². The molecule has 1 heterocycles. The van der Waals surface area contributed by atoms with E-state index in [-0.39, 0.29) is 11.9 Å². The summed E-state index contributed by atoms with van der Waals surface area (Å²) < 4.78 is 0. The number of nitrogens with zero attached hydrogens (tertiary/aromatic N) is 1. The number of carbonyl (C=O) groups excluding carboxylic acids is 1. The maximum atomic E-state index is 11.1. The summed E-state index contributed by atoms with van der Waals surface area (Å²) in [6.07, 6.45) is 7.70. The third-order valence-corrected chi connectivity index (χ3v) is 2.99. The molecule has 0 N–H and O–H groups in total. The molecule has 1 fully saturated rings. The molecule has 0 aliphatic carbocycles. The van der Waals surface area contributed by atoms with E-state index < -0.39 is 0 Å². The Hall–Kier alpha value is -0.790. The van der Waals surface area contributed by atoms with Gasteiger partial charge < -0.3 is 4.90 Å². The van der Waals surface area contributed by atoms with Crippen LogP contribution in [-0.2, 0) is 4.79 Å². The van der Waals surface area contributed by atoms with E-state index >= 15 is 0 Å². The van der Waals surface area contributed by atoms with Crippen LogP contribution < -0.4 is 0 Å². The molecule has 0 aromatic heterocycles. The molecule has 0 aromatic rings. The smallest absolute Gasteiger partial charge is 0.250 e. The SMILES string of the molecule is C=CN1C(=O)C1CCC(C)CCCC. The maximum absolute atomic E-state index is 11.1. The minimum atomic E-state index is 0.163. The Bertz CT molecular complexity index is 212. The van der Waals surface area contributed by atoms with Gasteiger partial charge in [-0.25, -0.2) is 0 Å². The first-order valence-electron chi connectivity index (χ1n) is 5.65. The largest absolute Gasteiger partial charge is 0.305 e. The van der Waals surface area contributed by atoms with Gasteiger partial charge in [-0.15, -0.1) is 0 Å². The standard InChI is InChI=1S/C12H21NO/c1-4-6-7-10(3)8-9-11-12(14)13(11)5-2/h5,10-11H,2,4,6-9H2,1,3H3. The fourth-order valence-corrected chi connectivity index (χ4v) is 1.85. The van der Waals surface area contributed by atoms with Crippen LogP contribution >= 0.6 is 0 Å². The molecule has 1 aliphatic heterocycles. The average Bonchev–Trinajstić information content (AvgIpc) is 2.82. The third kappa shape index (κ3) is 2.86. The first kappa shape index (κ1) is 11.3. The minimum Gasteiger partial charge on any atom is -0.305 e. The lowest BCUT2D eigenvalue weighted by Crippen LogP contribution is -2.00.